The normalized spacial score (nSPS) is 16.5. The molecule has 0 unspecified atom stereocenters. The molecule has 3 nitrogen and oxygen atoms in total. The lowest BCUT2D eigenvalue weighted by atomic mass is 10.4. The Labute approximate surface area is 86.1 Å². The van der Waals surface area contributed by atoms with E-state index in [1.807, 2.05) is 6.07 Å². The Morgan fingerprint density at radius 1 is 1.38 bits per heavy atom. The summed E-state index contributed by atoms with van der Waals surface area (Å²) in [5, 5.41) is 0. The van der Waals surface area contributed by atoms with Crippen LogP contribution in [0.25, 0.3) is 0 Å². The van der Waals surface area contributed by atoms with Crippen LogP contribution in [0.5, 0.6) is 0 Å². The maximum atomic E-state index is 5.66. The molecule has 2 rings (SSSR count). The molecule has 70 valence electrons. The summed E-state index contributed by atoms with van der Waals surface area (Å²) in [5.74, 6) is 1.03. The van der Waals surface area contributed by atoms with Gasteiger partial charge in [0.15, 0.2) is 0 Å². The Morgan fingerprint density at radius 3 is 2.69 bits per heavy atom. The molecule has 0 aromatic carbocycles. The molecule has 1 aromatic rings. The number of nitrogens with zero attached hydrogens (tertiary/aromatic N) is 2. The third-order valence-corrected chi connectivity index (χ3v) is 2.98. The van der Waals surface area contributed by atoms with Gasteiger partial charge in [-0.05, 0) is 34.8 Å². The van der Waals surface area contributed by atoms with Crippen LogP contribution < -0.4 is 10.6 Å². The maximum Gasteiger partial charge on any atom is 0.129 e. The fraction of sp³-hybridized carbons (Fsp3) is 0.444. The van der Waals surface area contributed by atoms with Crippen LogP contribution in [0.1, 0.15) is 12.8 Å². The minimum atomic E-state index is 0.697. The fourth-order valence-electron chi connectivity index (χ4n) is 1.55. The van der Waals surface area contributed by atoms with E-state index in [0.29, 0.717) is 5.69 Å². The molecule has 0 atom stereocenters. The van der Waals surface area contributed by atoms with Crippen LogP contribution in [0.3, 0.4) is 0 Å². The van der Waals surface area contributed by atoms with Crippen molar-refractivity contribution in [3.05, 3.63) is 16.7 Å². The predicted molar refractivity (Wildman–Crippen MR) is 57.8 cm³/mol. The zero-order valence-corrected chi connectivity index (χ0v) is 8.92. The summed E-state index contributed by atoms with van der Waals surface area (Å²) < 4.78 is 0.935. The minimum absolute atomic E-state index is 0.697. The molecule has 1 saturated heterocycles. The molecule has 0 bridgehead atoms. The second-order valence-electron chi connectivity index (χ2n) is 3.26. The lowest BCUT2D eigenvalue weighted by Crippen LogP contribution is -2.18. The minimum Gasteiger partial charge on any atom is -0.397 e. The number of pyridine rings is 1. The van der Waals surface area contributed by atoms with Crippen molar-refractivity contribution < 1.29 is 0 Å². The van der Waals surface area contributed by atoms with Gasteiger partial charge in [0.1, 0.15) is 5.82 Å². The molecule has 2 heterocycles. The number of hydrogen-bond acceptors (Lipinski definition) is 3. The summed E-state index contributed by atoms with van der Waals surface area (Å²) in [6, 6.07) is 1.99. The van der Waals surface area contributed by atoms with Gasteiger partial charge in [-0.25, -0.2) is 4.98 Å². The van der Waals surface area contributed by atoms with Gasteiger partial charge in [0.2, 0.25) is 0 Å². The van der Waals surface area contributed by atoms with Crippen LogP contribution in [0.15, 0.2) is 16.7 Å². The van der Waals surface area contributed by atoms with Crippen LogP contribution in [0, 0.1) is 0 Å². The summed E-state index contributed by atoms with van der Waals surface area (Å²) in [6.45, 7) is 2.23. The number of anilines is 2. The van der Waals surface area contributed by atoms with Crippen molar-refractivity contribution in [1.29, 1.82) is 0 Å². The van der Waals surface area contributed by atoms with E-state index in [-0.39, 0.29) is 0 Å². The fourth-order valence-corrected chi connectivity index (χ4v) is 1.86. The number of hydrogen-bond donors (Lipinski definition) is 1. The van der Waals surface area contributed by atoms with E-state index in [0.717, 1.165) is 23.4 Å². The lowest BCUT2D eigenvalue weighted by Gasteiger charge is -2.16. The third kappa shape index (κ3) is 1.77. The monoisotopic (exact) mass is 241 g/mol. The topological polar surface area (TPSA) is 42.1 Å². The molecule has 1 aromatic heterocycles. The highest BCUT2D eigenvalue weighted by atomic mass is 79.9. The molecule has 1 fully saturated rings. The smallest absolute Gasteiger partial charge is 0.129 e. The second kappa shape index (κ2) is 3.54. The molecule has 1 aliphatic heterocycles. The molecule has 0 spiro atoms. The Morgan fingerprint density at radius 2 is 2.08 bits per heavy atom. The zero-order chi connectivity index (χ0) is 9.26. The van der Waals surface area contributed by atoms with Crippen LogP contribution >= 0.6 is 15.9 Å². The van der Waals surface area contributed by atoms with Gasteiger partial charge in [-0.2, -0.15) is 0 Å². The number of halogens is 1. The predicted octanol–water partition coefficient (Wildman–Crippen LogP) is 2.03. The third-order valence-electron chi connectivity index (χ3n) is 2.30. The summed E-state index contributed by atoms with van der Waals surface area (Å²) in [5.41, 5.74) is 6.36. The Kier molecular flexibility index (Phi) is 2.40. The highest BCUT2D eigenvalue weighted by Gasteiger charge is 2.13. The zero-order valence-electron chi connectivity index (χ0n) is 7.33. The van der Waals surface area contributed by atoms with Gasteiger partial charge < -0.3 is 10.6 Å². The lowest BCUT2D eigenvalue weighted by molar-refractivity contribution is 0.937. The van der Waals surface area contributed by atoms with E-state index in [9.17, 15) is 0 Å². The highest BCUT2D eigenvalue weighted by molar-refractivity contribution is 9.10. The van der Waals surface area contributed by atoms with Crippen molar-refractivity contribution in [2.45, 2.75) is 12.8 Å². The van der Waals surface area contributed by atoms with E-state index < -0.39 is 0 Å². The van der Waals surface area contributed by atoms with Gasteiger partial charge in [0.25, 0.3) is 0 Å². The number of nitrogen functional groups attached to an aromatic ring is 1. The first-order valence-corrected chi connectivity index (χ1v) is 5.22. The van der Waals surface area contributed by atoms with Crippen molar-refractivity contribution in [2.75, 3.05) is 23.7 Å². The molecule has 0 radical (unpaired) electrons. The molecule has 2 N–H and O–H groups in total. The quantitative estimate of drug-likeness (QED) is 0.819. The Bertz CT molecular complexity index is 308. The van der Waals surface area contributed by atoms with Crippen molar-refractivity contribution in [1.82, 2.24) is 4.98 Å². The Balaban J connectivity index is 2.25. The van der Waals surface area contributed by atoms with Gasteiger partial charge in [-0.1, -0.05) is 0 Å². The Hall–Kier alpha value is -0.770. The van der Waals surface area contributed by atoms with Crippen molar-refractivity contribution >= 4 is 27.4 Å². The first-order chi connectivity index (χ1) is 6.27. The first-order valence-electron chi connectivity index (χ1n) is 4.43. The van der Waals surface area contributed by atoms with Crippen molar-refractivity contribution in [3.63, 3.8) is 0 Å². The molecule has 0 amide bonds. The van der Waals surface area contributed by atoms with Gasteiger partial charge in [-0.3, -0.25) is 0 Å². The van der Waals surface area contributed by atoms with Crippen molar-refractivity contribution in [3.8, 4) is 0 Å². The molecular formula is C9H12BrN3. The summed E-state index contributed by atoms with van der Waals surface area (Å²) in [4.78, 5) is 6.57. The molecule has 4 heteroatoms. The van der Waals surface area contributed by atoms with Gasteiger partial charge >= 0.3 is 0 Å². The first kappa shape index (κ1) is 8.81. The second-order valence-corrected chi connectivity index (χ2v) is 4.11. The number of nitrogens with two attached hydrogens (primary N) is 1. The van der Waals surface area contributed by atoms with E-state index in [1.54, 1.807) is 6.20 Å². The molecule has 13 heavy (non-hydrogen) atoms. The summed E-state index contributed by atoms with van der Waals surface area (Å²) >= 11 is 3.40. The number of rotatable bonds is 1. The van der Waals surface area contributed by atoms with Crippen LogP contribution in [0.2, 0.25) is 0 Å². The average Bonchev–Trinajstić information content (AvgIpc) is 2.62. The summed E-state index contributed by atoms with van der Waals surface area (Å²) in [7, 11) is 0. The maximum absolute atomic E-state index is 5.66. The van der Waals surface area contributed by atoms with E-state index in [1.165, 1.54) is 12.8 Å². The molecule has 0 aliphatic carbocycles. The molecule has 1 aliphatic rings. The van der Waals surface area contributed by atoms with Gasteiger partial charge in [0, 0.05) is 17.6 Å². The summed E-state index contributed by atoms with van der Waals surface area (Å²) in [6.07, 6.45) is 4.24. The van der Waals surface area contributed by atoms with E-state index in [4.69, 9.17) is 5.73 Å². The van der Waals surface area contributed by atoms with Crippen LogP contribution in [0.4, 0.5) is 11.5 Å². The van der Waals surface area contributed by atoms with Crippen molar-refractivity contribution in [2.24, 2.45) is 0 Å². The van der Waals surface area contributed by atoms with Crippen LogP contribution in [-0.4, -0.2) is 18.1 Å². The SMILES string of the molecule is Nc1cnc(N2CCCC2)cc1Br. The molecule has 0 saturated carbocycles. The van der Waals surface area contributed by atoms with Gasteiger partial charge in [-0.15, -0.1) is 0 Å². The van der Waals surface area contributed by atoms with E-state index in [2.05, 4.69) is 25.8 Å². The number of aromatic nitrogens is 1. The largest absolute Gasteiger partial charge is 0.397 e. The van der Waals surface area contributed by atoms with E-state index >= 15 is 0 Å². The van der Waals surface area contributed by atoms with Gasteiger partial charge in [0.05, 0.1) is 11.9 Å². The highest BCUT2D eigenvalue weighted by Crippen LogP contribution is 2.25. The van der Waals surface area contributed by atoms with Crippen LogP contribution in [-0.2, 0) is 0 Å². The average molecular weight is 242 g/mol. The standard InChI is InChI=1S/C9H12BrN3/c10-7-5-9(12-6-8(7)11)13-3-1-2-4-13/h5-6H,1-4,11H2. The molecular weight excluding hydrogens is 230 g/mol.